The molecule has 0 saturated carbocycles. The molecule has 1 aromatic heterocycles. The Morgan fingerprint density at radius 2 is 2.14 bits per heavy atom. The molecule has 0 fully saturated rings. The Kier molecular flexibility index (Phi) is 4.72. The molecule has 5 nitrogen and oxygen atoms in total. The van der Waals surface area contributed by atoms with Gasteiger partial charge in [-0.25, -0.2) is 13.8 Å². The van der Waals surface area contributed by atoms with Gasteiger partial charge in [0.15, 0.2) is 23.4 Å². The molecule has 0 bridgehead atoms. The number of hydrogen-bond donors (Lipinski definition) is 2. The number of carbonyl (C=O) groups excluding carboxylic acids is 1. The molecule has 2 rings (SSSR count). The Balaban J connectivity index is 1.90. The number of aliphatic hydroxyl groups is 1. The van der Waals surface area contributed by atoms with Crippen LogP contribution in [0.25, 0.3) is 0 Å². The van der Waals surface area contributed by atoms with Crippen LogP contribution in [0.5, 0.6) is 5.75 Å². The van der Waals surface area contributed by atoms with E-state index in [1.54, 1.807) is 13.8 Å². The van der Waals surface area contributed by atoms with Gasteiger partial charge in [-0.3, -0.25) is 10.1 Å². The van der Waals surface area contributed by atoms with Crippen LogP contribution in [-0.4, -0.2) is 22.6 Å². The molecule has 22 heavy (non-hydrogen) atoms. The Morgan fingerprint density at radius 1 is 1.41 bits per heavy atom. The van der Waals surface area contributed by atoms with Gasteiger partial charge in [0.05, 0.1) is 10.5 Å². The monoisotopic (exact) mass is 328 g/mol. The molecular weight excluding hydrogens is 314 g/mol. The van der Waals surface area contributed by atoms with Crippen LogP contribution in [0.3, 0.4) is 0 Å². The van der Waals surface area contributed by atoms with Gasteiger partial charge in [-0.15, -0.1) is 0 Å². The minimum Gasteiger partial charge on any atom is -0.484 e. The van der Waals surface area contributed by atoms with Gasteiger partial charge in [-0.2, -0.15) is 0 Å². The van der Waals surface area contributed by atoms with E-state index in [1.807, 2.05) is 0 Å². The molecule has 1 amide bonds. The van der Waals surface area contributed by atoms with E-state index in [0.717, 1.165) is 23.5 Å². The van der Waals surface area contributed by atoms with Crippen LogP contribution in [0.15, 0.2) is 24.4 Å². The maximum absolute atomic E-state index is 13.0. The molecule has 2 N–H and O–H groups in total. The summed E-state index contributed by atoms with van der Waals surface area (Å²) in [6.45, 7) is 2.85. The van der Waals surface area contributed by atoms with Gasteiger partial charge < -0.3 is 9.84 Å². The summed E-state index contributed by atoms with van der Waals surface area (Å²) >= 11 is 1.14. The molecule has 1 aromatic carbocycles. The van der Waals surface area contributed by atoms with E-state index >= 15 is 0 Å². The number of anilines is 1. The van der Waals surface area contributed by atoms with Gasteiger partial charge in [0.2, 0.25) is 0 Å². The van der Waals surface area contributed by atoms with Crippen molar-refractivity contribution in [2.45, 2.75) is 19.4 Å². The zero-order valence-corrected chi connectivity index (χ0v) is 12.7. The van der Waals surface area contributed by atoms with E-state index in [4.69, 9.17) is 4.74 Å². The van der Waals surface area contributed by atoms with Gasteiger partial charge in [0.1, 0.15) is 5.75 Å². The normalized spacial score (nSPS) is 11.3. The SMILES string of the molecule is CC(C)(O)c1cnc(NC(=O)COc2ccc(F)c(F)c2)s1. The smallest absolute Gasteiger partial charge is 0.264 e. The minimum atomic E-state index is -1.05. The maximum atomic E-state index is 13.0. The number of hydrogen-bond acceptors (Lipinski definition) is 5. The van der Waals surface area contributed by atoms with Crippen LogP contribution in [0.4, 0.5) is 13.9 Å². The molecule has 0 radical (unpaired) electrons. The number of halogens is 2. The average Bonchev–Trinajstić information content (AvgIpc) is 2.88. The highest BCUT2D eigenvalue weighted by atomic mass is 32.1. The number of thiazole rings is 1. The Labute approximate surface area is 129 Å². The van der Waals surface area contributed by atoms with Crippen molar-refractivity contribution in [3.63, 3.8) is 0 Å². The van der Waals surface area contributed by atoms with Crippen molar-refractivity contribution in [2.24, 2.45) is 0 Å². The predicted molar refractivity (Wildman–Crippen MR) is 77.8 cm³/mol. The highest BCUT2D eigenvalue weighted by molar-refractivity contribution is 7.15. The van der Waals surface area contributed by atoms with Crippen molar-refractivity contribution in [1.82, 2.24) is 4.98 Å². The summed E-state index contributed by atoms with van der Waals surface area (Å²) in [7, 11) is 0. The van der Waals surface area contributed by atoms with Crippen LogP contribution < -0.4 is 10.1 Å². The Bertz CT molecular complexity index is 683. The minimum absolute atomic E-state index is 0.0466. The van der Waals surface area contributed by atoms with E-state index in [1.165, 1.54) is 12.3 Å². The maximum Gasteiger partial charge on any atom is 0.264 e. The van der Waals surface area contributed by atoms with Crippen LogP contribution in [0.2, 0.25) is 0 Å². The van der Waals surface area contributed by atoms with Gasteiger partial charge in [0.25, 0.3) is 5.91 Å². The van der Waals surface area contributed by atoms with E-state index in [0.29, 0.717) is 10.0 Å². The first-order valence-electron chi connectivity index (χ1n) is 6.32. The van der Waals surface area contributed by atoms with E-state index in [9.17, 15) is 18.7 Å². The summed E-state index contributed by atoms with van der Waals surface area (Å²) in [5, 5.41) is 12.6. The summed E-state index contributed by atoms with van der Waals surface area (Å²) in [5.41, 5.74) is -1.04. The molecule has 118 valence electrons. The average molecular weight is 328 g/mol. The predicted octanol–water partition coefficient (Wildman–Crippen LogP) is 2.67. The third kappa shape index (κ3) is 4.22. The largest absolute Gasteiger partial charge is 0.484 e. The first-order valence-corrected chi connectivity index (χ1v) is 7.14. The molecule has 0 aliphatic carbocycles. The zero-order chi connectivity index (χ0) is 16.3. The number of aromatic nitrogens is 1. The second-order valence-corrected chi connectivity index (χ2v) is 6.03. The van der Waals surface area contributed by atoms with Gasteiger partial charge >= 0.3 is 0 Å². The van der Waals surface area contributed by atoms with Crippen LogP contribution >= 0.6 is 11.3 Å². The number of benzene rings is 1. The third-order valence-electron chi connectivity index (χ3n) is 2.62. The standard InChI is InChI=1S/C14H14F2N2O3S/c1-14(2,20)11-6-17-13(22-11)18-12(19)7-21-8-3-4-9(15)10(16)5-8/h3-6,20H,7H2,1-2H3,(H,17,18,19). The quantitative estimate of drug-likeness (QED) is 0.885. The number of amides is 1. The zero-order valence-electron chi connectivity index (χ0n) is 11.9. The molecule has 0 unspecified atom stereocenters. The summed E-state index contributed by atoms with van der Waals surface area (Å²) < 4.78 is 30.8. The number of rotatable bonds is 5. The second-order valence-electron chi connectivity index (χ2n) is 5.00. The fraction of sp³-hybridized carbons (Fsp3) is 0.286. The third-order valence-corrected chi connectivity index (χ3v) is 3.84. The molecule has 0 aliphatic rings. The van der Waals surface area contributed by atoms with Gasteiger partial charge in [0, 0.05) is 12.3 Å². The number of nitrogens with zero attached hydrogens (tertiary/aromatic N) is 1. The van der Waals surface area contributed by atoms with Crippen molar-refractivity contribution in [1.29, 1.82) is 0 Å². The van der Waals surface area contributed by atoms with Crippen LogP contribution in [0, 0.1) is 11.6 Å². The van der Waals surface area contributed by atoms with Crippen molar-refractivity contribution >= 4 is 22.4 Å². The first kappa shape index (κ1) is 16.3. The molecule has 8 heteroatoms. The lowest BCUT2D eigenvalue weighted by molar-refractivity contribution is -0.118. The summed E-state index contributed by atoms with van der Waals surface area (Å²) in [6, 6.07) is 3.00. The van der Waals surface area contributed by atoms with Crippen molar-refractivity contribution < 1.29 is 23.4 Å². The van der Waals surface area contributed by atoms with Gasteiger partial charge in [-0.05, 0) is 26.0 Å². The highest BCUT2D eigenvalue weighted by Crippen LogP contribution is 2.28. The van der Waals surface area contributed by atoms with E-state index in [-0.39, 0.29) is 12.4 Å². The first-order chi connectivity index (χ1) is 10.3. The van der Waals surface area contributed by atoms with Crippen LogP contribution in [-0.2, 0) is 10.4 Å². The lowest BCUT2D eigenvalue weighted by atomic mass is 10.1. The number of carbonyl (C=O) groups is 1. The molecule has 0 atom stereocenters. The molecule has 1 heterocycles. The van der Waals surface area contributed by atoms with Crippen LogP contribution in [0.1, 0.15) is 18.7 Å². The lowest BCUT2D eigenvalue weighted by Crippen LogP contribution is -2.20. The lowest BCUT2D eigenvalue weighted by Gasteiger charge is -2.13. The number of ether oxygens (including phenoxy) is 1. The molecule has 0 spiro atoms. The second kappa shape index (κ2) is 6.37. The van der Waals surface area contributed by atoms with Crippen molar-refractivity contribution in [3.05, 3.63) is 40.9 Å². The molecule has 2 aromatic rings. The highest BCUT2D eigenvalue weighted by Gasteiger charge is 2.20. The Hall–Kier alpha value is -2.06. The Morgan fingerprint density at radius 3 is 2.73 bits per heavy atom. The molecular formula is C14H14F2N2O3S. The van der Waals surface area contributed by atoms with E-state index in [2.05, 4.69) is 10.3 Å². The topological polar surface area (TPSA) is 71.5 Å². The summed E-state index contributed by atoms with van der Waals surface area (Å²) in [5.74, 6) is -2.49. The molecule has 0 saturated heterocycles. The molecule has 0 aliphatic heterocycles. The fourth-order valence-electron chi connectivity index (χ4n) is 1.49. The van der Waals surface area contributed by atoms with Gasteiger partial charge in [-0.1, -0.05) is 11.3 Å². The van der Waals surface area contributed by atoms with E-state index < -0.39 is 23.1 Å². The summed E-state index contributed by atoms with van der Waals surface area (Å²) in [4.78, 5) is 16.3. The number of nitrogens with one attached hydrogen (secondary N) is 1. The van der Waals surface area contributed by atoms with Crippen molar-refractivity contribution in [2.75, 3.05) is 11.9 Å². The fourth-order valence-corrected chi connectivity index (χ4v) is 2.32. The summed E-state index contributed by atoms with van der Waals surface area (Å²) in [6.07, 6.45) is 1.47. The van der Waals surface area contributed by atoms with Crippen molar-refractivity contribution in [3.8, 4) is 5.75 Å².